The van der Waals surface area contributed by atoms with Crippen LogP contribution in [0.5, 0.6) is 0 Å². The first-order valence-corrected chi connectivity index (χ1v) is 5.75. The molecule has 2 N–H and O–H groups in total. The molecule has 2 unspecified atom stereocenters. The number of ether oxygens (including phenoxy) is 1. The molecule has 84 valence electrons. The van der Waals surface area contributed by atoms with E-state index < -0.39 is 0 Å². The van der Waals surface area contributed by atoms with Crippen LogP contribution in [0.4, 0.5) is 0 Å². The Bertz CT molecular complexity index is 148. The lowest BCUT2D eigenvalue weighted by molar-refractivity contribution is -0.00437. The zero-order valence-corrected chi connectivity index (χ0v) is 9.33. The van der Waals surface area contributed by atoms with Crippen LogP contribution in [-0.4, -0.2) is 36.5 Å². The molecule has 0 heterocycles. The summed E-state index contributed by atoms with van der Waals surface area (Å²) in [5.74, 6) is 0. The Morgan fingerprint density at radius 3 is 2.79 bits per heavy atom. The van der Waals surface area contributed by atoms with E-state index in [1.807, 2.05) is 0 Å². The Morgan fingerprint density at radius 1 is 1.50 bits per heavy atom. The molecule has 2 atom stereocenters. The Morgan fingerprint density at radius 2 is 2.21 bits per heavy atom. The SMILES string of the molecule is CCCC(C)OCC(O)CNC1CC1. The van der Waals surface area contributed by atoms with Gasteiger partial charge in [0.2, 0.25) is 0 Å². The maximum atomic E-state index is 9.56. The molecule has 0 spiro atoms. The quantitative estimate of drug-likeness (QED) is 0.622. The number of rotatable bonds is 8. The van der Waals surface area contributed by atoms with Gasteiger partial charge in [0.25, 0.3) is 0 Å². The van der Waals surface area contributed by atoms with Crippen LogP contribution in [-0.2, 0) is 4.74 Å². The van der Waals surface area contributed by atoms with E-state index in [9.17, 15) is 5.11 Å². The van der Waals surface area contributed by atoms with Crippen LogP contribution in [0.3, 0.4) is 0 Å². The fourth-order valence-electron chi connectivity index (χ4n) is 1.41. The van der Waals surface area contributed by atoms with Crippen LogP contribution in [0.1, 0.15) is 39.5 Å². The minimum Gasteiger partial charge on any atom is -0.389 e. The summed E-state index contributed by atoms with van der Waals surface area (Å²) in [6.45, 7) is 5.33. The van der Waals surface area contributed by atoms with Gasteiger partial charge in [0.15, 0.2) is 0 Å². The van der Waals surface area contributed by atoms with Crippen molar-refractivity contribution in [2.45, 2.75) is 57.8 Å². The number of nitrogens with one attached hydrogen (secondary N) is 1. The molecule has 0 aromatic carbocycles. The van der Waals surface area contributed by atoms with Crippen LogP contribution >= 0.6 is 0 Å². The predicted molar refractivity (Wildman–Crippen MR) is 57.4 cm³/mol. The Kier molecular flexibility index (Phi) is 5.45. The molecule has 14 heavy (non-hydrogen) atoms. The van der Waals surface area contributed by atoms with Gasteiger partial charge in [-0.25, -0.2) is 0 Å². The molecule has 0 aromatic rings. The minimum atomic E-state index is -0.352. The van der Waals surface area contributed by atoms with Crippen LogP contribution in [0, 0.1) is 0 Å². The summed E-state index contributed by atoms with van der Waals surface area (Å²) >= 11 is 0. The third kappa shape index (κ3) is 5.58. The molecule has 1 aliphatic rings. The zero-order valence-electron chi connectivity index (χ0n) is 9.33. The van der Waals surface area contributed by atoms with Gasteiger partial charge in [-0.15, -0.1) is 0 Å². The van der Waals surface area contributed by atoms with Crippen LogP contribution in [0.25, 0.3) is 0 Å². The van der Waals surface area contributed by atoms with Gasteiger partial charge in [-0.2, -0.15) is 0 Å². The van der Waals surface area contributed by atoms with Crippen molar-refractivity contribution in [3.05, 3.63) is 0 Å². The summed E-state index contributed by atoms with van der Waals surface area (Å²) in [6, 6.07) is 0.665. The largest absolute Gasteiger partial charge is 0.389 e. The van der Waals surface area contributed by atoms with Crippen molar-refractivity contribution in [2.75, 3.05) is 13.2 Å². The summed E-state index contributed by atoms with van der Waals surface area (Å²) < 4.78 is 5.51. The molecule has 0 aliphatic heterocycles. The highest BCUT2D eigenvalue weighted by Gasteiger charge is 2.21. The topological polar surface area (TPSA) is 41.5 Å². The van der Waals surface area contributed by atoms with Gasteiger partial charge in [-0.05, 0) is 26.2 Å². The number of hydrogen-bond acceptors (Lipinski definition) is 3. The first kappa shape index (κ1) is 12.0. The van der Waals surface area contributed by atoms with E-state index in [0.29, 0.717) is 19.2 Å². The number of aliphatic hydroxyl groups is 1. The highest BCUT2D eigenvalue weighted by Crippen LogP contribution is 2.18. The normalized spacial score (nSPS) is 20.8. The van der Waals surface area contributed by atoms with Crippen LogP contribution in [0.2, 0.25) is 0 Å². The molecular formula is C11H23NO2. The van der Waals surface area contributed by atoms with E-state index >= 15 is 0 Å². The average Bonchev–Trinajstić information content (AvgIpc) is 2.95. The third-order valence-electron chi connectivity index (χ3n) is 2.49. The first-order chi connectivity index (χ1) is 6.72. The zero-order chi connectivity index (χ0) is 10.4. The monoisotopic (exact) mass is 201 g/mol. The summed E-state index contributed by atoms with van der Waals surface area (Å²) in [6.07, 6.45) is 4.66. The van der Waals surface area contributed by atoms with Gasteiger partial charge in [-0.1, -0.05) is 13.3 Å². The summed E-state index contributed by atoms with van der Waals surface area (Å²) in [4.78, 5) is 0. The van der Waals surface area contributed by atoms with Crippen LogP contribution < -0.4 is 5.32 Å². The van der Waals surface area contributed by atoms with Gasteiger partial charge in [0.1, 0.15) is 0 Å². The second-order valence-corrected chi connectivity index (χ2v) is 4.27. The molecule has 1 aliphatic carbocycles. The Hall–Kier alpha value is -0.120. The van der Waals surface area contributed by atoms with Crippen molar-refractivity contribution in [1.29, 1.82) is 0 Å². The summed E-state index contributed by atoms with van der Waals surface area (Å²) in [5, 5.41) is 12.8. The molecular weight excluding hydrogens is 178 g/mol. The standard InChI is InChI=1S/C11H23NO2/c1-3-4-9(2)14-8-11(13)7-12-10-5-6-10/h9-13H,3-8H2,1-2H3. The van der Waals surface area contributed by atoms with E-state index in [2.05, 4.69) is 19.2 Å². The fourth-order valence-corrected chi connectivity index (χ4v) is 1.41. The molecule has 0 radical (unpaired) electrons. The Labute approximate surface area is 86.8 Å². The van der Waals surface area contributed by atoms with Crippen molar-refractivity contribution < 1.29 is 9.84 Å². The minimum absolute atomic E-state index is 0.274. The van der Waals surface area contributed by atoms with Crippen molar-refractivity contribution in [3.8, 4) is 0 Å². The van der Waals surface area contributed by atoms with Crippen molar-refractivity contribution in [2.24, 2.45) is 0 Å². The lowest BCUT2D eigenvalue weighted by Gasteiger charge is -2.16. The van der Waals surface area contributed by atoms with Gasteiger partial charge in [0, 0.05) is 12.6 Å². The van der Waals surface area contributed by atoms with Gasteiger partial charge in [-0.3, -0.25) is 0 Å². The van der Waals surface area contributed by atoms with Crippen molar-refractivity contribution in [1.82, 2.24) is 5.32 Å². The maximum absolute atomic E-state index is 9.56. The number of aliphatic hydroxyl groups excluding tert-OH is 1. The second-order valence-electron chi connectivity index (χ2n) is 4.27. The molecule has 0 bridgehead atoms. The van der Waals surface area contributed by atoms with E-state index in [-0.39, 0.29) is 12.2 Å². The molecule has 1 saturated carbocycles. The second kappa shape index (κ2) is 6.38. The highest BCUT2D eigenvalue weighted by molar-refractivity contribution is 4.81. The van der Waals surface area contributed by atoms with E-state index in [1.54, 1.807) is 0 Å². The summed E-state index contributed by atoms with van der Waals surface area (Å²) in [7, 11) is 0. The van der Waals surface area contributed by atoms with E-state index in [1.165, 1.54) is 12.8 Å². The molecule has 3 heteroatoms. The average molecular weight is 201 g/mol. The van der Waals surface area contributed by atoms with Crippen LogP contribution in [0.15, 0.2) is 0 Å². The maximum Gasteiger partial charge on any atom is 0.0897 e. The molecule has 0 aromatic heterocycles. The smallest absolute Gasteiger partial charge is 0.0897 e. The van der Waals surface area contributed by atoms with E-state index in [4.69, 9.17) is 4.74 Å². The molecule has 1 rings (SSSR count). The van der Waals surface area contributed by atoms with Gasteiger partial charge in [0.05, 0.1) is 18.8 Å². The van der Waals surface area contributed by atoms with E-state index in [0.717, 1.165) is 12.8 Å². The predicted octanol–water partition coefficient (Wildman–Crippen LogP) is 1.30. The fraction of sp³-hybridized carbons (Fsp3) is 1.00. The molecule has 3 nitrogen and oxygen atoms in total. The van der Waals surface area contributed by atoms with Gasteiger partial charge < -0.3 is 15.2 Å². The Balaban J connectivity index is 1.92. The van der Waals surface area contributed by atoms with Crippen molar-refractivity contribution >= 4 is 0 Å². The first-order valence-electron chi connectivity index (χ1n) is 5.75. The molecule has 0 amide bonds. The lowest BCUT2D eigenvalue weighted by Crippen LogP contribution is -2.32. The van der Waals surface area contributed by atoms with Gasteiger partial charge >= 0.3 is 0 Å². The molecule has 1 fully saturated rings. The molecule has 0 saturated heterocycles. The van der Waals surface area contributed by atoms with Crippen molar-refractivity contribution in [3.63, 3.8) is 0 Å². The summed E-state index contributed by atoms with van der Waals surface area (Å²) in [5.41, 5.74) is 0. The third-order valence-corrected chi connectivity index (χ3v) is 2.49. The highest BCUT2D eigenvalue weighted by atomic mass is 16.5. The lowest BCUT2D eigenvalue weighted by atomic mass is 10.2. The number of hydrogen-bond donors (Lipinski definition) is 2.